The number of para-hydroxylation sites is 1. The quantitative estimate of drug-likeness (QED) is 0.718. The number of nitrogens with one attached hydrogen (secondary N) is 1. The standard InChI is InChI=1S/C13H17BrF3NO2/c1-2-6-18-9-10-4-3-5-11(14)12(10)19-7-8-20-13(15,16)17/h3-5,18H,2,6-9H2,1H3. The van der Waals surface area contributed by atoms with Crippen LogP contribution in [0.4, 0.5) is 13.2 Å². The molecular weight excluding hydrogens is 339 g/mol. The number of rotatable bonds is 8. The van der Waals surface area contributed by atoms with E-state index in [1.165, 1.54) is 0 Å². The first-order valence-corrected chi connectivity index (χ1v) is 7.05. The van der Waals surface area contributed by atoms with Crippen LogP contribution in [-0.2, 0) is 11.3 Å². The molecule has 1 aromatic rings. The van der Waals surface area contributed by atoms with Crippen LogP contribution in [0, 0.1) is 0 Å². The maximum absolute atomic E-state index is 11.8. The lowest BCUT2D eigenvalue weighted by molar-refractivity contribution is -0.325. The second kappa shape index (κ2) is 8.49. The van der Waals surface area contributed by atoms with E-state index in [0.29, 0.717) is 16.8 Å². The van der Waals surface area contributed by atoms with Crippen LogP contribution in [0.15, 0.2) is 22.7 Å². The van der Waals surface area contributed by atoms with E-state index in [1.54, 1.807) is 6.07 Å². The number of benzene rings is 1. The molecule has 1 rings (SSSR count). The van der Waals surface area contributed by atoms with E-state index in [-0.39, 0.29) is 6.61 Å². The summed E-state index contributed by atoms with van der Waals surface area (Å²) in [5.41, 5.74) is 0.889. The molecule has 0 fully saturated rings. The van der Waals surface area contributed by atoms with Gasteiger partial charge in [-0.1, -0.05) is 19.1 Å². The minimum atomic E-state index is -4.62. The topological polar surface area (TPSA) is 30.5 Å². The van der Waals surface area contributed by atoms with E-state index in [4.69, 9.17) is 4.74 Å². The van der Waals surface area contributed by atoms with Crippen LogP contribution in [0.5, 0.6) is 5.75 Å². The zero-order chi connectivity index (χ0) is 15.0. The molecular formula is C13H17BrF3NO2. The molecule has 0 unspecified atom stereocenters. The maximum Gasteiger partial charge on any atom is 0.522 e. The monoisotopic (exact) mass is 355 g/mol. The van der Waals surface area contributed by atoms with Crippen LogP contribution in [0.2, 0.25) is 0 Å². The van der Waals surface area contributed by atoms with Gasteiger partial charge in [0.2, 0.25) is 0 Å². The summed E-state index contributed by atoms with van der Waals surface area (Å²) in [7, 11) is 0. The lowest BCUT2D eigenvalue weighted by Crippen LogP contribution is -2.19. The van der Waals surface area contributed by atoms with Gasteiger partial charge < -0.3 is 10.1 Å². The van der Waals surface area contributed by atoms with Crippen molar-refractivity contribution in [3.05, 3.63) is 28.2 Å². The fraction of sp³-hybridized carbons (Fsp3) is 0.538. The molecule has 1 N–H and O–H groups in total. The molecule has 1 aromatic carbocycles. The third kappa shape index (κ3) is 6.58. The smallest absolute Gasteiger partial charge is 0.490 e. The lowest BCUT2D eigenvalue weighted by Gasteiger charge is -2.14. The van der Waals surface area contributed by atoms with Crippen LogP contribution in [0.3, 0.4) is 0 Å². The zero-order valence-corrected chi connectivity index (χ0v) is 12.7. The van der Waals surface area contributed by atoms with E-state index < -0.39 is 13.0 Å². The first kappa shape index (κ1) is 17.3. The third-order valence-corrected chi connectivity index (χ3v) is 3.01. The van der Waals surface area contributed by atoms with Gasteiger partial charge in [0, 0.05) is 12.1 Å². The van der Waals surface area contributed by atoms with Crippen LogP contribution < -0.4 is 10.1 Å². The van der Waals surface area contributed by atoms with Gasteiger partial charge in [0.25, 0.3) is 0 Å². The van der Waals surface area contributed by atoms with Gasteiger partial charge in [-0.25, -0.2) is 0 Å². The van der Waals surface area contributed by atoms with Gasteiger partial charge >= 0.3 is 6.36 Å². The Labute approximate surface area is 124 Å². The summed E-state index contributed by atoms with van der Waals surface area (Å²) >= 11 is 3.33. The summed E-state index contributed by atoms with van der Waals surface area (Å²) in [4.78, 5) is 0. The van der Waals surface area contributed by atoms with Gasteiger partial charge in [-0.05, 0) is 35.0 Å². The van der Waals surface area contributed by atoms with Crippen LogP contribution in [0.25, 0.3) is 0 Å². The molecule has 0 amide bonds. The highest BCUT2D eigenvalue weighted by atomic mass is 79.9. The Balaban J connectivity index is 2.54. The average Bonchev–Trinajstić information content (AvgIpc) is 2.36. The highest BCUT2D eigenvalue weighted by Gasteiger charge is 2.28. The second-order valence-corrected chi connectivity index (χ2v) is 4.90. The zero-order valence-electron chi connectivity index (χ0n) is 11.1. The Hall–Kier alpha value is -0.790. The van der Waals surface area contributed by atoms with E-state index in [9.17, 15) is 13.2 Å². The predicted octanol–water partition coefficient (Wildman–Crippen LogP) is 3.86. The number of halogens is 4. The Bertz CT molecular complexity index is 413. The van der Waals surface area contributed by atoms with Gasteiger partial charge in [-0.15, -0.1) is 13.2 Å². The molecule has 0 saturated carbocycles. The first-order valence-electron chi connectivity index (χ1n) is 6.25. The molecule has 3 nitrogen and oxygen atoms in total. The molecule has 0 radical (unpaired) electrons. The molecule has 7 heteroatoms. The number of hydrogen-bond donors (Lipinski definition) is 1. The number of hydrogen-bond acceptors (Lipinski definition) is 3. The molecule has 0 atom stereocenters. The van der Waals surface area contributed by atoms with Gasteiger partial charge in [0.1, 0.15) is 12.4 Å². The largest absolute Gasteiger partial charge is 0.522 e. The molecule has 20 heavy (non-hydrogen) atoms. The van der Waals surface area contributed by atoms with Crippen molar-refractivity contribution in [2.45, 2.75) is 26.3 Å². The highest BCUT2D eigenvalue weighted by molar-refractivity contribution is 9.10. The molecule has 0 bridgehead atoms. The lowest BCUT2D eigenvalue weighted by atomic mass is 10.2. The molecule has 0 spiro atoms. The first-order chi connectivity index (χ1) is 9.44. The van der Waals surface area contributed by atoms with Crippen molar-refractivity contribution in [2.24, 2.45) is 0 Å². The SMILES string of the molecule is CCCNCc1cccc(Br)c1OCCOC(F)(F)F. The summed E-state index contributed by atoms with van der Waals surface area (Å²) in [6.45, 7) is 2.82. The van der Waals surface area contributed by atoms with Crippen molar-refractivity contribution in [3.8, 4) is 5.75 Å². The second-order valence-electron chi connectivity index (χ2n) is 4.05. The molecule has 0 aliphatic rings. The van der Waals surface area contributed by atoms with Crippen molar-refractivity contribution in [2.75, 3.05) is 19.8 Å². The van der Waals surface area contributed by atoms with Crippen molar-refractivity contribution in [1.29, 1.82) is 0 Å². The minimum absolute atomic E-state index is 0.164. The normalized spacial score (nSPS) is 11.7. The Kier molecular flexibility index (Phi) is 7.32. The summed E-state index contributed by atoms with van der Waals surface area (Å²) in [5.74, 6) is 0.543. The molecule has 0 heterocycles. The molecule has 0 aliphatic carbocycles. The van der Waals surface area contributed by atoms with Gasteiger partial charge in [-0.2, -0.15) is 0 Å². The molecule has 0 aliphatic heterocycles. The van der Waals surface area contributed by atoms with Gasteiger partial charge in [0.15, 0.2) is 0 Å². The Morgan fingerprint density at radius 1 is 1.25 bits per heavy atom. The van der Waals surface area contributed by atoms with E-state index in [0.717, 1.165) is 18.5 Å². The minimum Gasteiger partial charge on any atom is -0.490 e. The predicted molar refractivity (Wildman–Crippen MR) is 73.6 cm³/mol. The van der Waals surface area contributed by atoms with Crippen molar-refractivity contribution in [1.82, 2.24) is 5.32 Å². The summed E-state index contributed by atoms with van der Waals surface area (Å²) < 4.78 is 45.3. The van der Waals surface area contributed by atoms with E-state index in [1.807, 2.05) is 12.1 Å². The number of ether oxygens (including phenoxy) is 2. The maximum atomic E-state index is 11.8. The fourth-order valence-electron chi connectivity index (χ4n) is 1.56. The summed E-state index contributed by atoms with van der Waals surface area (Å²) in [5, 5.41) is 3.22. The Morgan fingerprint density at radius 3 is 2.65 bits per heavy atom. The average molecular weight is 356 g/mol. The summed E-state index contributed by atoms with van der Waals surface area (Å²) in [6, 6.07) is 5.50. The summed E-state index contributed by atoms with van der Waals surface area (Å²) in [6.07, 6.45) is -3.62. The van der Waals surface area contributed by atoms with Crippen molar-refractivity contribution >= 4 is 15.9 Å². The van der Waals surface area contributed by atoms with E-state index in [2.05, 4.69) is 32.9 Å². The van der Waals surface area contributed by atoms with Crippen LogP contribution in [-0.4, -0.2) is 26.1 Å². The highest BCUT2D eigenvalue weighted by Crippen LogP contribution is 2.29. The molecule has 0 saturated heterocycles. The van der Waals surface area contributed by atoms with Crippen LogP contribution in [0.1, 0.15) is 18.9 Å². The fourth-order valence-corrected chi connectivity index (χ4v) is 2.08. The number of alkyl halides is 3. The van der Waals surface area contributed by atoms with Gasteiger partial charge in [-0.3, -0.25) is 4.74 Å². The van der Waals surface area contributed by atoms with Gasteiger partial charge in [0.05, 0.1) is 11.1 Å². The van der Waals surface area contributed by atoms with Crippen molar-refractivity contribution < 1.29 is 22.6 Å². The molecule has 114 valence electrons. The van der Waals surface area contributed by atoms with Crippen LogP contribution >= 0.6 is 15.9 Å². The molecule has 0 aromatic heterocycles. The third-order valence-electron chi connectivity index (χ3n) is 2.39. The van der Waals surface area contributed by atoms with E-state index >= 15 is 0 Å². The van der Waals surface area contributed by atoms with Crippen molar-refractivity contribution in [3.63, 3.8) is 0 Å². The Morgan fingerprint density at radius 2 is 2.00 bits per heavy atom.